The number of hydrogen-bond acceptors (Lipinski definition) is 2. The van der Waals surface area contributed by atoms with Crippen LogP contribution in [0.15, 0.2) is 12.4 Å². The summed E-state index contributed by atoms with van der Waals surface area (Å²) in [6.07, 6.45) is -1.55. The highest BCUT2D eigenvalue weighted by molar-refractivity contribution is 6.31. The van der Waals surface area contributed by atoms with Gasteiger partial charge in [0.05, 0.1) is 10.6 Å². The second kappa shape index (κ2) is 4.81. The zero-order valence-corrected chi connectivity index (χ0v) is 8.57. The van der Waals surface area contributed by atoms with Crippen molar-refractivity contribution in [1.82, 2.24) is 4.98 Å². The molecule has 0 spiro atoms. The van der Waals surface area contributed by atoms with Crippen LogP contribution in [0.4, 0.5) is 13.2 Å². The first-order valence-corrected chi connectivity index (χ1v) is 4.74. The highest BCUT2D eigenvalue weighted by atomic mass is 35.5. The van der Waals surface area contributed by atoms with Gasteiger partial charge in [-0.05, 0) is 24.9 Å². The van der Waals surface area contributed by atoms with Crippen molar-refractivity contribution in [3.05, 3.63) is 28.5 Å². The first-order chi connectivity index (χ1) is 6.96. The lowest BCUT2D eigenvalue weighted by molar-refractivity contribution is -0.138. The van der Waals surface area contributed by atoms with Crippen molar-refractivity contribution in [1.29, 1.82) is 0 Å². The van der Waals surface area contributed by atoms with Crippen LogP contribution in [0.5, 0.6) is 0 Å². The summed E-state index contributed by atoms with van der Waals surface area (Å²) < 4.78 is 37.8. The van der Waals surface area contributed by atoms with Gasteiger partial charge in [0.15, 0.2) is 0 Å². The van der Waals surface area contributed by atoms with Gasteiger partial charge < -0.3 is 5.73 Å². The fraction of sp³-hybridized carbons (Fsp3) is 0.444. The molecule has 1 aromatic rings. The Morgan fingerprint density at radius 3 is 2.53 bits per heavy atom. The molecule has 0 atom stereocenters. The van der Waals surface area contributed by atoms with Crippen molar-refractivity contribution < 1.29 is 13.2 Å². The van der Waals surface area contributed by atoms with E-state index in [9.17, 15) is 13.2 Å². The number of rotatable bonds is 3. The van der Waals surface area contributed by atoms with Crippen LogP contribution in [0.3, 0.4) is 0 Å². The molecule has 0 saturated heterocycles. The molecule has 1 rings (SSSR count). The van der Waals surface area contributed by atoms with Crippen LogP contribution in [-0.4, -0.2) is 11.5 Å². The van der Waals surface area contributed by atoms with Gasteiger partial charge in [0.2, 0.25) is 0 Å². The third-order valence-electron chi connectivity index (χ3n) is 1.91. The van der Waals surface area contributed by atoms with E-state index in [1.807, 2.05) is 0 Å². The van der Waals surface area contributed by atoms with E-state index in [0.717, 1.165) is 6.20 Å². The molecule has 1 heterocycles. The quantitative estimate of drug-likeness (QED) is 0.879. The van der Waals surface area contributed by atoms with Crippen molar-refractivity contribution in [2.45, 2.75) is 19.0 Å². The first kappa shape index (κ1) is 12.3. The summed E-state index contributed by atoms with van der Waals surface area (Å²) in [7, 11) is 0. The van der Waals surface area contributed by atoms with E-state index in [0.29, 0.717) is 13.0 Å². The van der Waals surface area contributed by atoms with E-state index in [4.69, 9.17) is 17.3 Å². The average molecular weight is 239 g/mol. The molecule has 0 fully saturated rings. The minimum Gasteiger partial charge on any atom is -0.330 e. The van der Waals surface area contributed by atoms with E-state index < -0.39 is 11.7 Å². The molecule has 0 aliphatic carbocycles. The second-order valence-electron chi connectivity index (χ2n) is 3.05. The molecule has 1 aromatic heterocycles. The molecule has 2 N–H and O–H groups in total. The van der Waals surface area contributed by atoms with Gasteiger partial charge in [-0.1, -0.05) is 11.6 Å². The van der Waals surface area contributed by atoms with Crippen LogP contribution in [0, 0.1) is 0 Å². The smallest absolute Gasteiger partial charge is 0.330 e. The number of aryl methyl sites for hydroxylation is 1. The summed E-state index contributed by atoms with van der Waals surface area (Å²) in [5, 5.41) is -0.364. The number of nitrogens with zero attached hydrogens (tertiary/aromatic N) is 1. The van der Waals surface area contributed by atoms with Gasteiger partial charge in [0.1, 0.15) is 0 Å². The van der Waals surface area contributed by atoms with Crippen LogP contribution in [-0.2, 0) is 12.6 Å². The monoisotopic (exact) mass is 238 g/mol. The van der Waals surface area contributed by atoms with E-state index >= 15 is 0 Å². The molecule has 6 heteroatoms. The van der Waals surface area contributed by atoms with Crippen molar-refractivity contribution in [2.24, 2.45) is 5.73 Å². The van der Waals surface area contributed by atoms with Gasteiger partial charge >= 0.3 is 6.18 Å². The Morgan fingerprint density at radius 1 is 1.33 bits per heavy atom. The lowest BCUT2D eigenvalue weighted by Gasteiger charge is -2.13. The molecule has 84 valence electrons. The van der Waals surface area contributed by atoms with Gasteiger partial charge in [-0.2, -0.15) is 13.2 Å². The third kappa shape index (κ3) is 3.07. The maximum absolute atomic E-state index is 12.6. The summed E-state index contributed by atoms with van der Waals surface area (Å²) >= 11 is 5.48. The molecule has 0 bridgehead atoms. The van der Waals surface area contributed by atoms with E-state index in [1.165, 1.54) is 6.20 Å². The Labute approximate surface area is 90.3 Å². The molecule has 0 radical (unpaired) electrons. The van der Waals surface area contributed by atoms with Gasteiger partial charge in [0.25, 0.3) is 0 Å². The molecular formula is C9H10ClF3N2. The maximum Gasteiger partial charge on any atom is 0.418 e. The summed E-state index contributed by atoms with van der Waals surface area (Å²) in [5.74, 6) is 0. The standard InChI is InChI=1S/C9H10ClF3N2/c10-7-5-15-4-6(2-1-3-14)8(7)9(11,12)13/h4-5H,1-3,14H2. The Kier molecular flexibility index (Phi) is 3.93. The summed E-state index contributed by atoms with van der Waals surface area (Å²) in [4.78, 5) is 3.64. The largest absolute Gasteiger partial charge is 0.418 e. The highest BCUT2D eigenvalue weighted by Crippen LogP contribution is 2.36. The van der Waals surface area contributed by atoms with Gasteiger partial charge in [0, 0.05) is 12.4 Å². The number of hydrogen-bond donors (Lipinski definition) is 1. The summed E-state index contributed by atoms with van der Waals surface area (Å²) in [6.45, 7) is 0.337. The van der Waals surface area contributed by atoms with Crippen LogP contribution < -0.4 is 5.73 Å². The minimum absolute atomic E-state index is 0.0976. The number of aromatic nitrogens is 1. The molecule has 0 aliphatic rings. The average Bonchev–Trinajstić information content (AvgIpc) is 2.12. The minimum atomic E-state index is -4.44. The maximum atomic E-state index is 12.6. The van der Waals surface area contributed by atoms with Crippen molar-refractivity contribution in [3.63, 3.8) is 0 Å². The Hall–Kier alpha value is -0.810. The molecule has 0 saturated carbocycles. The topological polar surface area (TPSA) is 38.9 Å². The zero-order chi connectivity index (χ0) is 11.5. The predicted molar refractivity (Wildman–Crippen MR) is 51.6 cm³/mol. The van der Waals surface area contributed by atoms with Gasteiger partial charge in [-0.25, -0.2) is 0 Å². The van der Waals surface area contributed by atoms with E-state index in [2.05, 4.69) is 4.98 Å². The molecule has 15 heavy (non-hydrogen) atoms. The predicted octanol–water partition coefficient (Wildman–Crippen LogP) is 2.65. The molecular weight excluding hydrogens is 229 g/mol. The van der Waals surface area contributed by atoms with Crippen LogP contribution in [0.2, 0.25) is 5.02 Å². The third-order valence-corrected chi connectivity index (χ3v) is 2.20. The molecule has 0 aliphatic heterocycles. The zero-order valence-electron chi connectivity index (χ0n) is 7.81. The van der Waals surface area contributed by atoms with Crippen molar-refractivity contribution in [3.8, 4) is 0 Å². The van der Waals surface area contributed by atoms with Gasteiger partial charge in [-0.15, -0.1) is 0 Å². The lowest BCUT2D eigenvalue weighted by atomic mass is 10.1. The first-order valence-electron chi connectivity index (χ1n) is 4.36. The summed E-state index contributed by atoms with van der Waals surface area (Å²) in [6, 6.07) is 0. The Bertz CT molecular complexity index is 339. The SMILES string of the molecule is NCCCc1cncc(Cl)c1C(F)(F)F. The van der Waals surface area contributed by atoms with Crippen molar-refractivity contribution in [2.75, 3.05) is 6.54 Å². The van der Waals surface area contributed by atoms with Crippen molar-refractivity contribution >= 4 is 11.6 Å². The van der Waals surface area contributed by atoms with E-state index in [1.54, 1.807) is 0 Å². The van der Waals surface area contributed by atoms with Crippen LogP contribution in [0.25, 0.3) is 0 Å². The normalized spacial score (nSPS) is 11.8. The fourth-order valence-electron chi connectivity index (χ4n) is 1.27. The fourth-order valence-corrected chi connectivity index (χ4v) is 1.56. The Balaban J connectivity index is 3.09. The Morgan fingerprint density at radius 2 is 2.00 bits per heavy atom. The number of halogens is 4. The van der Waals surface area contributed by atoms with Gasteiger partial charge in [-0.3, -0.25) is 4.98 Å². The van der Waals surface area contributed by atoms with E-state index in [-0.39, 0.29) is 17.0 Å². The lowest BCUT2D eigenvalue weighted by Crippen LogP contribution is -2.12. The van der Waals surface area contributed by atoms with Crippen LogP contribution in [0.1, 0.15) is 17.5 Å². The number of nitrogens with two attached hydrogens (primary N) is 1. The molecule has 0 unspecified atom stereocenters. The molecule has 2 nitrogen and oxygen atoms in total. The second-order valence-corrected chi connectivity index (χ2v) is 3.45. The summed E-state index contributed by atoms with van der Waals surface area (Å²) in [5.41, 5.74) is 4.54. The number of alkyl halides is 3. The molecule has 0 amide bonds. The molecule has 0 aromatic carbocycles. The van der Waals surface area contributed by atoms with Crippen LogP contribution >= 0.6 is 11.6 Å². The number of pyridine rings is 1. The highest BCUT2D eigenvalue weighted by Gasteiger charge is 2.35.